The first-order chi connectivity index (χ1) is 23.7. The van der Waals surface area contributed by atoms with Gasteiger partial charge in [-0.2, -0.15) is 0 Å². The van der Waals surface area contributed by atoms with Gasteiger partial charge >= 0.3 is 0 Å². The smallest absolute Gasteiger partial charge is 0.256 e. The summed E-state index contributed by atoms with van der Waals surface area (Å²) in [5.41, 5.74) is 2.43. The highest BCUT2D eigenvalue weighted by molar-refractivity contribution is 6.58. The van der Waals surface area contributed by atoms with E-state index in [0.717, 1.165) is 75.2 Å². The van der Waals surface area contributed by atoms with Crippen molar-refractivity contribution in [2.75, 3.05) is 44.8 Å². The fourth-order valence-corrected chi connectivity index (χ4v) is 6.37. The fraction of sp³-hybridized carbons (Fsp3) is 0.548. The molecule has 0 amide bonds. The molecule has 0 spiro atoms. The number of tetrazole rings is 1. The lowest BCUT2D eigenvalue weighted by Crippen LogP contribution is -2.45. The molecule has 1 aliphatic heterocycles. The van der Waals surface area contributed by atoms with E-state index in [1.165, 1.54) is 0 Å². The summed E-state index contributed by atoms with van der Waals surface area (Å²) >= 11 is 6.47. The van der Waals surface area contributed by atoms with Crippen molar-refractivity contribution >= 4 is 46.8 Å². The molecule has 3 aromatic heterocycles. The molecule has 1 saturated carbocycles. The third kappa shape index (κ3) is 9.96. The van der Waals surface area contributed by atoms with Crippen molar-refractivity contribution in [3.05, 3.63) is 48.1 Å². The summed E-state index contributed by atoms with van der Waals surface area (Å²) in [6.45, 7) is 7.23. The number of ether oxygens (including phenoxy) is 4. The first kappa shape index (κ1) is 35.2. The molecule has 14 nitrogen and oxygen atoms in total. The van der Waals surface area contributed by atoms with Crippen LogP contribution in [0.15, 0.2) is 43.1 Å². The highest BCUT2D eigenvalue weighted by Crippen LogP contribution is 2.35. The number of halogens is 1. The predicted molar refractivity (Wildman–Crippen MR) is 194 cm³/mol. The molecule has 1 atom stereocenters. The summed E-state index contributed by atoms with van der Waals surface area (Å²) in [5.74, 6) is 1.54. The Hall–Kier alpha value is -3.66. The Bertz CT molecular complexity index is 1610. The molecule has 1 aromatic carbocycles. The molecule has 4 aromatic rings. The van der Waals surface area contributed by atoms with Crippen molar-refractivity contribution in [1.29, 1.82) is 0 Å². The second-order valence-corrected chi connectivity index (χ2v) is 14.0. The molecule has 258 valence electrons. The molecule has 2 aliphatic rings. The van der Waals surface area contributed by atoms with E-state index in [2.05, 4.69) is 63.9 Å². The third-order valence-electron chi connectivity index (χ3n) is 8.69. The van der Waals surface area contributed by atoms with Crippen molar-refractivity contribution in [2.45, 2.75) is 69.1 Å². The van der Waals surface area contributed by atoms with Crippen LogP contribution in [0.25, 0.3) is 11.1 Å². The van der Waals surface area contributed by atoms with Crippen LogP contribution in [0.4, 0.5) is 11.6 Å². The molecular formula is C31H44B3ClN10O4. The quantitative estimate of drug-likeness (QED) is 0.142. The average Bonchev–Trinajstić information content (AvgIpc) is 3.76. The molecule has 0 radical (unpaired) electrons. The number of benzene rings is 1. The van der Waals surface area contributed by atoms with Crippen LogP contribution in [-0.4, -0.2) is 125 Å². The monoisotopic (exact) mass is 688 g/mol. The van der Waals surface area contributed by atoms with Crippen LogP contribution in [0.3, 0.4) is 0 Å². The first-order valence-corrected chi connectivity index (χ1v) is 17.5. The van der Waals surface area contributed by atoms with Crippen molar-refractivity contribution in [1.82, 2.24) is 44.9 Å². The normalized spacial score (nSPS) is 19.4. The Balaban J connectivity index is 1.12. The number of hydrogen-bond donors (Lipinski definition) is 1. The highest BCUT2D eigenvalue weighted by Gasteiger charge is 2.29. The van der Waals surface area contributed by atoms with E-state index in [1.54, 1.807) is 29.5 Å². The van der Waals surface area contributed by atoms with Gasteiger partial charge in [-0.15, -0.1) is 10.2 Å². The van der Waals surface area contributed by atoms with Crippen LogP contribution >= 0.6 is 11.6 Å². The molecule has 2 fully saturated rings. The van der Waals surface area contributed by atoms with Gasteiger partial charge in [-0.1, -0.05) is 17.7 Å². The molecule has 49 heavy (non-hydrogen) atoms. The Kier molecular flexibility index (Phi) is 11.8. The van der Waals surface area contributed by atoms with Crippen LogP contribution in [0.5, 0.6) is 11.6 Å². The summed E-state index contributed by atoms with van der Waals surface area (Å²) in [7, 11) is 6.16. The number of hydrogen-bond acceptors (Lipinski definition) is 12. The van der Waals surface area contributed by atoms with Crippen molar-refractivity contribution < 1.29 is 18.9 Å². The van der Waals surface area contributed by atoms with Crippen LogP contribution in [0, 0.1) is 0 Å². The van der Waals surface area contributed by atoms with E-state index in [1.807, 2.05) is 25.3 Å². The standard InChI is InChI=1S/C31H44B3ClN10O4/c1-21(18-44-20-38-41-42-44)49-28-15-22(3-8-26(28)35)23-16-36-30(37-17-23)39-27-19-45(40-29(27)47-11-2-12-48-31(32,33)34)25-6-4-24(5-7-25)43-9-13-46-14-10-43/h3,8,15-17,19-21,24-25H,2,4-7,9-14,18,32-34H2,1H3,(H,36,37,39)/t21-,24-,25-/m0/s1. The van der Waals surface area contributed by atoms with E-state index in [9.17, 15) is 0 Å². The molecular weight excluding hydrogens is 644 g/mol. The Morgan fingerprint density at radius 2 is 1.80 bits per heavy atom. The maximum atomic E-state index is 6.47. The molecule has 1 aliphatic carbocycles. The SMILES string of the molecule is BC(B)(B)OCCCOc1nn([C@H]2CC[C@H](N3CCOCC3)CC2)cc1Nc1ncc(-c2ccc(Cl)c(O[C@@H](C)Cn3cnnn3)c2)cn1. The number of rotatable bonds is 15. The molecule has 0 unspecified atom stereocenters. The molecule has 4 heterocycles. The van der Waals surface area contributed by atoms with Crippen LogP contribution in [-0.2, 0) is 16.0 Å². The van der Waals surface area contributed by atoms with E-state index >= 15 is 0 Å². The lowest BCUT2D eigenvalue weighted by molar-refractivity contribution is 0.00502. The second kappa shape index (κ2) is 16.4. The third-order valence-corrected chi connectivity index (χ3v) is 9.00. The maximum absolute atomic E-state index is 6.47. The lowest BCUT2D eigenvalue weighted by Gasteiger charge is -2.38. The minimum absolute atomic E-state index is 0.187. The van der Waals surface area contributed by atoms with Gasteiger partial charge in [0.1, 0.15) is 47.4 Å². The molecule has 1 saturated heterocycles. The number of aromatic nitrogens is 8. The zero-order valence-corrected chi connectivity index (χ0v) is 29.6. The van der Waals surface area contributed by atoms with Gasteiger partial charge in [0.05, 0.1) is 43.6 Å². The Morgan fingerprint density at radius 3 is 2.51 bits per heavy atom. The van der Waals surface area contributed by atoms with Gasteiger partial charge in [-0.3, -0.25) is 9.58 Å². The zero-order chi connectivity index (χ0) is 34.2. The summed E-state index contributed by atoms with van der Waals surface area (Å²) in [5, 5.41) is 19.8. The summed E-state index contributed by atoms with van der Waals surface area (Å²) < 4.78 is 27.4. The van der Waals surface area contributed by atoms with Gasteiger partial charge < -0.3 is 24.3 Å². The van der Waals surface area contributed by atoms with Gasteiger partial charge in [0.25, 0.3) is 5.88 Å². The van der Waals surface area contributed by atoms with Crippen molar-refractivity contribution in [2.24, 2.45) is 0 Å². The van der Waals surface area contributed by atoms with Crippen LogP contribution < -0.4 is 14.8 Å². The summed E-state index contributed by atoms with van der Waals surface area (Å²) in [6.07, 6.45) is 12.1. The number of anilines is 2. The van der Waals surface area contributed by atoms with Crippen molar-refractivity contribution in [3.63, 3.8) is 0 Å². The van der Waals surface area contributed by atoms with Gasteiger partial charge in [0, 0.05) is 50.1 Å². The van der Waals surface area contributed by atoms with Gasteiger partial charge in [-0.05, 0) is 66.0 Å². The minimum Gasteiger partial charge on any atom is -0.487 e. The predicted octanol–water partition coefficient (Wildman–Crippen LogP) is 1.30. The van der Waals surface area contributed by atoms with E-state index < -0.39 is 0 Å². The highest BCUT2D eigenvalue weighted by atomic mass is 35.5. The number of nitrogens with zero attached hydrogens (tertiary/aromatic N) is 9. The Labute approximate surface area is 294 Å². The topological polar surface area (TPSA) is 139 Å². The summed E-state index contributed by atoms with van der Waals surface area (Å²) in [4.78, 5) is 11.8. The van der Waals surface area contributed by atoms with Crippen molar-refractivity contribution in [3.8, 4) is 22.8 Å². The van der Waals surface area contributed by atoms with Gasteiger partial charge in [-0.25, -0.2) is 14.6 Å². The van der Waals surface area contributed by atoms with Crippen LogP contribution in [0.2, 0.25) is 5.02 Å². The Morgan fingerprint density at radius 1 is 1.04 bits per heavy atom. The molecule has 6 rings (SSSR count). The number of nitrogens with one attached hydrogen (secondary N) is 1. The second-order valence-electron chi connectivity index (χ2n) is 13.6. The van der Waals surface area contributed by atoms with Gasteiger partial charge in [0.2, 0.25) is 5.95 Å². The zero-order valence-electron chi connectivity index (χ0n) is 28.8. The van der Waals surface area contributed by atoms with E-state index in [-0.39, 0.29) is 11.4 Å². The largest absolute Gasteiger partial charge is 0.487 e. The van der Waals surface area contributed by atoms with E-state index in [4.69, 9.17) is 35.6 Å². The van der Waals surface area contributed by atoms with E-state index in [0.29, 0.717) is 54.4 Å². The molecule has 0 bridgehead atoms. The first-order valence-electron chi connectivity index (χ1n) is 17.1. The molecule has 1 N–H and O–H groups in total. The number of morpholine rings is 1. The average molecular weight is 689 g/mol. The van der Waals surface area contributed by atoms with Gasteiger partial charge in [0.15, 0.2) is 0 Å². The fourth-order valence-electron chi connectivity index (χ4n) is 6.21. The maximum Gasteiger partial charge on any atom is 0.256 e. The van der Waals surface area contributed by atoms with Crippen LogP contribution in [0.1, 0.15) is 45.1 Å². The summed E-state index contributed by atoms with van der Waals surface area (Å²) in [6, 6.07) is 6.53. The minimum atomic E-state index is -0.206. The lowest BCUT2D eigenvalue weighted by atomic mass is 9.52. The molecule has 18 heteroatoms.